The second kappa shape index (κ2) is 6.57. The molecule has 2 N–H and O–H groups in total. The molecular weight excluding hydrogens is 244 g/mol. The molecule has 0 bridgehead atoms. The van der Waals surface area contributed by atoms with Crippen LogP contribution in [0.25, 0.3) is 0 Å². The third-order valence-electron chi connectivity index (χ3n) is 2.61. The molecule has 0 aliphatic carbocycles. The second-order valence-corrected chi connectivity index (χ2v) is 4.93. The highest BCUT2D eigenvalue weighted by Crippen LogP contribution is 2.23. The van der Waals surface area contributed by atoms with Crippen molar-refractivity contribution in [3.63, 3.8) is 0 Å². The van der Waals surface area contributed by atoms with E-state index in [2.05, 4.69) is 28.7 Å². The molecule has 0 aromatic carbocycles. The van der Waals surface area contributed by atoms with Crippen LogP contribution in [-0.2, 0) is 4.74 Å². The molecule has 0 radical (unpaired) electrons. The van der Waals surface area contributed by atoms with Crippen LogP contribution in [0.3, 0.4) is 0 Å². The van der Waals surface area contributed by atoms with Gasteiger partial charge in [-0.05, 0) is 29.3 Å². The van der Waals surface area contributed by atoms with Gasteiger partial charge in [-0.15, -0.1) is 12.4 Å². The lowest BCUT2D eigenvalue weighted by molar-refractivity contribution is -0.0308. The molecular formula is C11H19ClN2OS. The second-order valence-electron chi connectivity index (χ2n) is 4.15. The van der Waals surface area contributed by atoms with E-state index in [0.717, 1.165) is 26.2 Å². The number of hydrogen-bond acceptors (Lipinski definition) is 4. The number of thiophene rings is 1. The van der Waals surface area contributed by atoms with E-state index in [1.807, 2.05) is 0 Å². The fourth-order valence-corrected chi connectivity index (χ4v) is 2.64. The molecule has 1 aromatic heterocycles. The Morgan fingerprint density at radius 2 is 2.50 bits per heavy atom. The van der Waals surface area contributed by atoms with Crippen molar-refractivity contribution in [2.24, 2.45) is 5.73 Å². The SMILES string of the molecule is CC(N)CN1CCOC(c2ccsc2)C1.Cl. The zero-order valence-corrected chi connectivity index (χ0v) is 11.1. The van der Waals surface area contributed by atoms with Crippen molar-refractivity contribution in [2.75, 3.05) is 26.2 Å². The molecule has 2 atom stereocenters. The van der Waals surface area contributed by atoms with Crippen LogP contribution in [0.2, 0.25) is 0 Å². The molecule has 1 fully saturated rings. The standard InChI is InChI=1S/C11H18N2OS.ClH/c1-9(12)6-13-3-4-14-11(7-13)10-2-5-15-8-10;/h2,5,8-9,11H,3-4,6-7,12H2,1H3;1H. The van der Waals surface area contributed by atoms with Gasteiger partial charge in [0.25, 0.3) is 0 Å². The lowest BCUT2D eigenvalue weighted by atomic mass is 10.1. The van der Waals surface area contributed by atoms with Crippen LogP contribution < -0.4 is 5.73 Å². The minimum atomic E-state index is 0. The van der Waals surface area contributed by atoms with Gasteiger partial charge in [-0.25, -0.2) is 0 Å². The summed E-state index contributed by atoms with van der Waals surface area (Å²) in [6.45, 7) is 5.80. The quantitative estimate of drug-likeness (QED) is 0.904. The molecule has 0 saturated carbocycles. The van der Waals surface area contributed by atoms with E-state index in [1.165, 1.54) is 5.56 Å². The maximum absolute atomic E-state index is 5.81. The molecule has 0 amide bonds. The van der Waals surface area contributed by atoms with E-state index in [9.17, 15) is 0 Å². The molecule has 2 heterocycles. The Morgan fingerprint density at radius 3 is 3.12 bits per heavy atom. The Labute approximate surface area is 107 Å². The van der Waals surface area contributed by atoms with Gasteiger partial charge in [0, 0.05) is 25.7 Å². The summed E-state index contributed by atoms with van der Waals surface area (Å²) in [4.78, 5) is 2.39. The van der Waals surface area contributed by atoms with Crippen LogP contribution in [0.5, 0.6) is 0 Å². The van der Waals surface area contributed by atoms with Crippen molar-refractivity contribution in [3.05, 3.63) is 22.4 Å². The molecule has 1 aliphatic heterocycles. The highest BCUT2D eigenvalue weighted by atomic mass is 35.5. The first kappa shape index (κ1) is 13.9. The molecule has 0 spiro atoms. The first-order valence-electron chi connectivity index (χ1n) is 5.37. The van der Waals surface area contributed by atoms with Gasteiger partial charge in [-0.1, -0.05) is 0 Å². The zero-order chi connectivity index (χ0) is 10.7. The molecule has 1 saturated heterocycles. The molecule has 1 aliphatic rings. The van der Waals surface area contributed by atoms with Crippen molar-refractivity contribution in [1.29, 1.82) is 0 Å². The van der Waals surface area contributed by atoms with E-state index in [0.29, 0.717) is 0 Å². The largest absolute Gasteiger partial charge is 0.371 e. The maximum atomic E-state index is 5.81. The zero-order valence-electron chi connectivity index (χ0n) is 9.46. The van der Waals surface area contributed by atoms with E-state index < -0.39 is 0 Å². The van der Waals surface area contributed by atoms with Crippen molar-refractivity contribution >= 4 is 23.7 Å². The highest BCUT2D eigenvalue weighted by molar-refractivity contribution is 7.07. The normalized spacial score (nSPS) is 23.8. The lowest BCUT2D eigenvalue weighted by Crippen LogP contribution is -2.43. The van der Waals surface area contributed by atoms with Crippen LogP contribution in [0.1, 0.15) is 18.6 Å². The van der Waals surface area contributed by atoms with Gasteiger partial charge >= 0.3 is 0 Å². The Morgan fingerprint density at radius 1 is 1.69 bits per heavy atom. The monoisotopic (exact) mass is 262 g/mol. The fraction of sp³-hybridized carbons (Fsp3) is 0.636. The first-order valence-corrected chi connectivity index (χ1v) is 6.31. The summed E-state index contributed by atoms with van der Waals surface area (Å²) < 4.78 is 5.76. The minimum Gasteiger partial charge on any atom is -0.371 e. The van der Waals surface area contributed by atoms with E-state index in [1.54, 1.807) is 11.3 Å². The topological polar surface area (TPSA) is 38.5 Å². The van der Waals surface area contributed by atoms with Crippen LogP contribution in [0.4, 0.5) is 0 Å². The summed E-state index contributed by atoms with van der Waals surface area (Å²) >= 11 is 1.73. The van der Waals surface area contributed by atoms with E-state index in [-0.39, 0.29) is 24.6 Å². The Bertz CT molecular complexity index is 292. The Balaban J connectivity index is 0.00000128. The first-order chi connectivity index (χ1) is 7.25. The molecule has 2 unspecified atom stereocenters. The number of rotatable bonds is 3. The van der Waals surface area contributed by atoms with Gasteiger partial charge in [0.1, 0.15) is 0 Å². The maximum Gasteiger partial charge on any atom is 0.0960 e. The minimum absolute atomic E-state index is 0. The summed E-state index contributed by atoms with van der Waals surface area (Å²) in [5.41, 5.74) is 7.11. The average molecular weight is 263 g/mol. The number of nitrogens with two attached hydrogens (primary N) is 1. The molecule has 92 valence electrons. The molecule has 1 aromatic rings. The summed E-state index contributed by atoms with van der Waals surface area (Å²) in [7, 11) is 0. The smallest absolute Gasteiger partial charge is 0.0960 e. The van der Waals surface area contributed by atoms with Gasteiger partial charge in [0.2, 0.25) is 0 Å². The van der Waals surface area contributed by atoms with Gasteiger partial charge in [0.15, 0.2) is 0 Å². The van der Waals surface area contributed by atoms with Crippen LogP contribution in [0, 0.1) is 0 Å². The summed E-state index contributed by atoms with van der Waals surface area (Å²) in [6, 6.07) is 2.39. The van der Waals surface area contributed by atoms with Crippen molar-refractivity contribution < 1.29 is 4.74 Å². The number of ether oxygens (including phenoxy) is 1. The summed E-state index contributed by atoms with van der Waals surface area (Å²) in [5, 5.41) is 4.27. The number of halogens is 1. The number of morpholine rings is 1. The van der Waals surface area contributed by atoms with Gasteiger partial charge in [-0.2, -0.15) is 11.3 Å². The predicted molar refractivity (Wildman–Crippen MR) is 70.3 cm³/mol. The van der Waals surface area contributed by atoms with Gasteiger partial charge in [-0.3, -0.25) is 4.90 Å². The predicted octanol–water partition coefficient (Wildman–Crippen LogP) is 1.89. The summed E-state index contributed by atoms with van der Waals surface area (Å²) in [6.07, 6.45) is 0.240. The molecule has 16 heavy (non-hydrogen) atoms. The van der Waals surface area contributed by atoms with Gasteiger partial charge in [0.05, 0.1) is 12.7 Å². The van der Waals surface area contributed by atoms with Crippen LogP contribution >= 0.6 is 23.7 Å². The molecule has 5 heteroatoms. The third kappa shape index (κ3) is 3.71. The Hall–Kier alpha value is -0.130. The van der Waals surface area contributed by atoms with Crippen LogP contribution in [-0.4, -0.2) is 37.2 Å². The number of nitrogens with zero attached hydrogens (tertiary/aromatic N) is 1. The van der Waals surface area contributed by atoms with Gasteiger partial charge < -0.3 is 10.5 Å². The van der Waals surface area contributed by atoms with E-state index >= 15 is 0 Å². The highest BCUT2D eigenvalue weighted by Gasteiger charge is 2.22. The number of hydrogen-bond donors (Lipinski definition) is 1. The van der Waals surface area contributed by atoms with E-state index in [4.69, 9.17) is 10.5 Å². The fourth-order valence-electron chi connectivity index (χ4n) is 1.94. The van der Waals surface area contributed by atoms with Crippen LogP contribution in [0.15, 0.2) is 16.8 Å². The van der Waals surface area contributed by atoms with Crippen molar-refractivity contribution in [3.8, 4) is 0 Å². The lowest BCUT2D eigenvalue weighted by Gasteiger charge is -2.33. The molecule has 3 nitrogen and oxygen atoms in total. The third-order valence-corrected chi connectivity index (χ3v) is 3.31. The molecule has 2 rings (SSSR count). The average Bonchev–Trinajstić information content (AvgIpc) is 2.69. The summed E-state index contributed by atoms with van der Waals surface area (Å²) in [5.74, 6) is 0. The van der Waals surface area contributed by atoms with Crippen molar-refractivity contribution in [1.82, 2.24) is 4.90 Å². The Kier molecular flexibility index (Phi) is 5.72. The van der Waals surface area contributed by atoms with Crippen molar-refractivity contribution in [2.45, 2.75) is 19.1 Å².